The van der Waals surface area contributed by atoms with Gasteiger partial charge >= 0.3 is 0 Å². The summed E-state index contributed by atoms with van der Waals surface area (Å²) in [6.07, 6.45) is 1.52. The predicted octanol–water partition coefficient (Wildman–Crippen LogP) is 1.84. The maximum atomic E-state index is 5.13. The van der Waals surface area contributed by atoms with Crippen molar-refractivity contribution >= 4 is 23.1 Å². The largest absolute Gasteiger partial charge is 0.480 e. The summed E-state index contributed by atoms with van der Waals surface area (Å²) in [5, 5.41) is 4.27. The molecule has 3 aromatic rings. The van der Waals surface area contributed by atoms with Crippen molar-refractivity contribution in [2.24, 2.45) is 0 Å². The summed E-state index contributed by atoms with van der Waals surface area (Å²) in [7, 11) is 3.65. The molecule has 0 saturated carbocycles. The Balaban J connectivity index is 1.98. The lowest BCUT2D eigenvalue weighted by Crippen LogP contribution is -2.21. The van der Waals surface area contributed by atoms with Crippen LogP contribution in [0.1, 0.15) is 16.1 Å². The van der Waals surface area contributed by atoms with Gasteiger partial charge in [-0.2, -0.15) is 19.0 Å². The van der Waals surface area contributed by atoms with E-state index >= 15 is 0 Å². The summed E-state index contributed by atoms with van der Waals surface area (Å²) in [6.45, 7) is 4.75. The topological polar surface area (TPSA) is 68.4 Å². The van der Waals surface area contributed by atoms with Gasteiger partial charge in [-0.25, -0.2) is 4.98 Å². The van der Waals surface area contributed by atoms with Crippen LogP contribution in [0.2, 0.25) is 0 Å². The number of ether oxygens (including phenoxy) is 1. The third-order valence-electron chi connectivity index (χ3n) is 3.38. The molecule has 0 amide bonds. The second-order valence-corrected chi connectivity index (χ2v) is 5.70. The van der Waals surface area contributed by atoms with E-state index in [2.05, 4.69) is 24.3 Å². The molecule has 8 heteroatoms. The van der Waals surface area contributed by atoms with Gasteiger partial charge in [0.15, 0.2) is 0 Å². The third kappa shape index (κ3) is 2.42. The number of nitrogens with zero attached hydrogens (tertiary/aromatic N) is 6. The van der Waals surface area contributed by atoms with E-state index in [0.29, 0.717) is 11.7 Å². The summed E-state index contributed by atoms with van der Waals surface area (Å²) in [5.41, 5.74) is 2.05. The SMILES string of the molecule is COc1cc(CN(C)c2c(C)c(C)nc3ncnn23)sn1. The van der Waals surface area contributed by atoms with Gasteiger partial charge in [-0.15, -0.1) is 0 Å². The van der Waals surface area contributed by atoms with Crippen LogP contribution < -0.4 is 9.64 Å². The van der Waals surface area contributed by atoms with Gasteiger partial charge in [0.05, 0.1) is 13.7 Å². The summed E-state index contributed by atoms with van der Waals surface area (Å²) >= 11 is 1.44. The Labute approximate surface area is 126 Å². The van der Waals surface area contributed by atoms with Gasteiger partial charge < -0.3 is 9.64 Å². The Morgan fingerprint density at radius 2 is 2.19 bits per heavy atom. The quantitative estimate of drug-likeness (QED) is 0.732. The lowest BCUT2D eigenvalue weighted by molar-refractivity contribution is 0.402. The molecule has 0 aromatic carbocycles. The Bertz CT molecular complexity index is 780. The number of methoxy groups -OCH3 is 1. The van der Waals surface area contributed by atoms with E-state index in [0.717, 1.165) is 28.5 Å². The van der Waals surface area contributed by atoms with Gasteiger partial charge in [0.1, 0.15) is 12.1 Å². The summed E-state index contributed by atoms with van der Waals surface area (Å²) in [4.78, 5) is 11.9. The van der Waals surface area contributed by atoms with Crippen molar-refractivity contribution in [1.82, 2.24) is 24.0 Å². The van der Waals surface area contributed by atoms with Crippen LogP contribution in [0.3, 0.4) is 0 Å². The highest BCUT2D eigenvalue weighted by Crippen LogP contribution is 2.25. The van der Waals surface area contributed by atoms with Crippen LogP contribution in [-0.2, 0) is 6.54 Å². The zero-order valence-electron chi connectivity index (χ0n) is 12.4. The van der Waals surface area contributed by atoms with Gasteiger partial charge in [-0.3, -0.25) is 0 Å². The highest BCUT2D eigenvalue weighted by molar-refractivity contribution is 7.05. The van der Waals surface area contributed by atoms with Gasteiger partial charge in [0.2, 0.25) is 5.88 Å². The van der Waals surface area contributed by atoms with Crippen molar-refractivity contribution in [3.05, 3.63) is 28.5 Å². The second kappa shape index (κ2) is 5.28. The molecule has 3 aromatic heterocycles. The molecule has 7 nitrogen and oxygen atoms in total. The first-order valence-electron chi connectivity index (χ1n) is 6.48. The number of rotatable bonds is 4. The van der Waals surface area contributed by atoms with E-state index in [9.17, 15) is 0 Å². The molecular formula is C13H16N6OS. The molecule has 110 valence electrons. The molecule has 21 heavy (non-hydrogen) atoms. The molecule has 3 heterocycles. The van der Waals surface area contributed by atoms with E-state index in [-0.39, 0.29) is 0 Å². The van der Waals surface area contributed by atoms with Crippen molar-refractivity contribution in [3.8, 4) is 5.88 Å². The summed E-state index contributed by atoms with van der Waals surface area (Å²) in [6, 6.07) is 1.95. The minimum atomic E-state index is 0.613. The number of hydrogen-bond donors (Lipinski definition) is 0. The highest BCUT2D eigenvalue weighted by Gasteiger charge is 2.16. The van der Waals surface area contributed by atoms with E-state index in [1.807, 2.05) is 27.0 Å². The summed E-state index contributed by atoms with van der Waals surface area (Å²) in [5.74, 6) is 2.25. The van der Waals surface area contributed by atoms with Crippen LogP contribution >= 0.6 is 11.5 Å². The Morgan fingerprint density at radius 1 is 1.38 bits per heavy atom. The van der Waals surface area contributed by atoms with Crippen LogP contribution in [0.25, 0.3) is 5.78 Å². The molecule has 0 radical (unpaired) electrons. The average Bonchev–Trinajstić information content (AvgIpc) is 3.08. The molecular weight excluding hydrogens is 288 g/mol. The first-order chi connectivity index (χ1) is 10.1. The van der Waals surface area contributed by atoms with Crippen LogP contribution in [-0.4, -0.2) is 38.1 Å². The molecule has 0 fully saturated rings. The van der Waals surface area contributed by atoms with Gasteiger partial charge in [0, 0.05) is 29.2 Å². The van der Waals surface area contributed by atoms with Crippen molar-refractivity contribution in [2.45, 2.75) is 20.4 Å². The molecule has 0 spiro atoms. The maximum absolute atomic E-state index is 5.13. The van der Waals surface area contributed by atoms with Gasteiger partial charge in [-0.05, 0) is 25.4 Å². The van der Waals surface area contributed by atoms with E-state index < -0.39 is 0 Å². The van der Waals surface area contributed by atoms with E-state index in [1.165, 1.54) is 17.9 Å². The average molecular weight is 304 g/mol. The monoisotopic (exact) mass is 304 g/mol. The fourth-order valence-corrected chi connectivity index (χ4v) is 2.98. The van der Waals surface area contributed by atoms with Crippen LogP contribution in [0.15, 0.2) is 12.4 Å². The maximum Gasteiger partial charge on any atom is 0.254 e. The lowest BCUT2D eigenvalue weighted by atomic mass is 10.2. The fourth-order valence-electron chi connectivity index (χ4n) is 2.24. The molecule has 0 aliphatic rings. The number of aryl methyl sites for hydroxylation is 1. The number of aromatic nitrogens is 5. The first-order valence-corrected chi connectivity index (χ1v) is 7.25. The zero-order valence-corrected chi connectivity index (χ0v) is 13.2. The number of anilines is 1. The molecule has 3 rings (SSSR count). The molecule has 0 atom stereocenters. The van der Waals surface area contributed by atoms with Crippen molar-refractivity contribution in [2.75, 3.05) is 19.1 Å². The normalized spacial score (nSPS) is 11.0. The Hall–Kier alpha value is -2.22. The van der Waals surface area contributed by atoms with Gasteiger partial charge in [-0.1, -0.05) is 0 Å². The van der Waals surface area contributed by atoms with Crippen LogP contribution in [0.4, 0.5) is 5.82 Å². The van der Waals surface area contributed by atoms with E-state index in [4.69, 9.17) is 4.74 Å². The standard InChI is InChI=1S/C13H16N6OS/c1-8-9(2)16-13-14-7-15-19(13)12(8)18(3)6-10-5-11(20-4)17-21-10/h5,7H,6H2,1-4H3. The summed E-state index contributed by atoms with van der Waals surface area (Å²) < 4.78 is 11.1. The molecule has 0 saturated heterocycles. The second-order valence-electron chi connectivity index (χ2n) is 4.81. The van der Waals surface area contributed by atoms with Crippen LogP contribution in [0, 0.1) is 13.8 Å². The fraction of sp³-hybridized carbons (Fsp3) is 0.385. The lowest BCUT2D eigenvalue weighted by Gasteiger charge is -2.21. The molecule has 0 N–H and O–H groups in total. The van der Waals surface area contributed by atoms with Crippen molar-refractivity contribution in [1.29, 1.82) is 0 Å². The molecule has 0 aliphatic heterocycles. The van der Waals surface area contributed by atoms with Gasteiger partial charge in [0.25, 0.3) is 5.78 Å². The smallest absolute Gasteiger partial charge is 0.254 e. The zero-order chi connectivity index (χ0) is 15.0. The predicted molar refractivity (Wildman–Crippen MR) is 81.0 cm³/mol. The molecule has 0 unspecified atom stereocenters. The minimum Gasteiger partial charge on any atom is -0.480 e. The Kier molecular flexibility index (Phi) is 3.46. The van der Waals surface area contributed by atoms with Crippen molar-refractivity contribution in [3.63, 3.8) is 0 Å². The molecule has 0 aliphatic carbocycles. The van der Waals surface area contributed by atoms with Crippen molar-refractivity contribution < 1.29 is 4.74 Å². The Morgan fingerprint density at radius 3 is 2.90 bits per heavy atom. The third-order valence-corrected chi connectivity index (χ3v) is 4.13. The first kappa shape index (κ1) is 13.7. The van der Waals surface area contributed by atoms with E-state index in [1.54, 1.807) is 11.6 Å². The van der Waals surface area contributed by atoms with Crippen LogP contribution in [0.5, 0.6) is 5.88 Å². The highest BCUT2D eigenvalue weighted by atomic mass is 32.1. The number of hydrogen-bond acceptors (Lipinski definition) is 7. The molecule has 0 bridgehead atoms. The number of fused-ring (bicyclic) bond motifs is 1. The minimum absolute atomic E-state index is 0.613.